The predicted octanol–water partition coefficient (Wildman–Crippen LogP) is 5.86. The molecule has 0 radical (unpaired) electrons. The number of nitrogens with one attached hydrogen (secondary N) is 1. The minimum absolute atomic E-state index is 0.204. The summed E-state index contributed by atoms with van der Waals surface area (Å²) < 4.78 is 20.4. The summed E-state index contributed by atoms with van der Waals surface area (Å²) >= 11 is 0. The van der Waals surface area contributed by atoms with Crippen LogP contribution in [0.3, 0.4) is 0 Å². The zero-order valence-electron chi connectivity index (χ0n) is 17.5. The monoisotopic (exact) mass is 427 g/mol. The van der Waals surface area contributed by atoms with Gasteiger partial charge in [0.25, 0.3) is 0 Å². The Kier molecular flexibility index (Phi) is 6.54. The fourth-order valence-electron chi connectivity index (χ4n) is 3.87. The molecule has 4 aromatic rings. The Balaban J connectivity index is 1.82. The second kappa shape index (κ2) is 9.68. The Labute approximate surface area is 184 Å². The molecule has 1 atom stereocenters. The molecule has 31 heavy (non-hydrogen) atoms. The Morgan fingerprint density at radius 1 is 0.710 bits per heavy atom. The van der Waals surface area contributed by atoms with Crippen LogP contribution >= 0.6 is 7.14 Å². The highest BCUT2D eigenvalue weighted by molar-refractivity contribution is 7.78. The average molecular weight is 427 g/mol. The summed E-state index contributed by atoms with van der Waals surface area (Å²) in [5.74, 6) is 0.781. The normalized spacial score (nSPS) is 12.2. The number of hydrogen-bond acceptors (Lipinski definition) is 3. The molecule has 0 aliphatic carbocycles. The molecular formula is C27H26NO2P. The quantitative estimate of drug-likeness (QED) is 0.358. The zero-order valence-corrected chi connectivity index (χ0v) is 18.4. The first kappa shape index (κ1) is 21.0. The molecule has 0 saturated heterocycles. The van der Waals surface area contributed by atoms with Crippen molar-refractivity contribution in [2.24, 2.45) is 0 Å². The zero-order chi connectivity index (χ0) is 21.5. The molecular weight excluding hydrogens is 401 g/mol. The predicted molar refractivity (Wildman–Crippen MR) is 130 cm³/mol. The van der Waals surface area contributed by atoms with Gasteiger partial charge in [0.15, 0.2) is 0 Å². The summed E-state index contributed by atoms with van der Waals surface area (Å²) in [5.41, 5.74) is 1.96. The van der Waals surface area contributed by atoms with Crippen molar-refractivity contribution in [3.8, 4) is 5.75 Å². The van der Waals surface area contributed by atoms with Gasteiger partial charge in [-0.3, -0.25) is 0 Å². The van der Waals surface area contributed by atoms with Gasteiger partial charge in [-0.15, -0.1) is 0 Å². The molecule has 4 aromatic carbocycles. The number of ether oxygens (including phenoxy) is 1. The van der Waals surface area contributed by atoms with Crippen LogP contribution in [-0.4, -0.2) is 13.3 Å². The van der Waals surface area contributed by atoms with Crippen LogP contribution in [0.15, 0.2) is 115 Å². The first-order valence-corrected chi connectivity index (χ1v) is 12.2. The van der Waals surface area contributed by atoms with Crippen molar-refractivity contribution in [2.45, 2.75) is 6.04 Å². The van der Waals surface area contributed by atoms with Gasteiger partial charge >= 0.3 is 0 Å². The maximum atomic E-state index is 14.7. The van der Waals surface area contributed by atoms with Crippen LogP contribution in [0.25, 0.3) is 0 Å². The van der Waals surface area contributed by atoms with E-state index in [0.717, 1.165) is 27.6 Å². The van der Waals surface area contributed by atoms with Gasteiger partial charge in [0.2, 0.25) is 0 Å². The van der Waals surface area contributed by atoms with E-state index in [1.54, 1.807) is 7.11 Å². The highest BCUT2D eigenvalue weighted by Crippen LogP contribution is 2.48. The molecule has 1 N–H and O–H groups in total. The molecule has 0 aliphatic rings. The second-order valence-electron chi connectivity index (χ2n) is 7.40. The lowest BCUT2D eigenvalue weighted by Crippen LogP contribution is -2.25. The molecule has 1 unspecified atom stereocenters. The molecule has 0 bridgehead atoms. The van der Waals surface area contributed by atoms with Crippen molar-refractivity contribution in [3.05, 3.63) is 121 Å². The lowest BCUT2D eigenvalue weighted by Gasteiger charge is -2.28. The standard InChI is InChI=1S/C27H26NO2P/c1-30-27-20-12-11-19-25(27)26(28-22-13-5-2-6-14-22)21-31(29,23-15-7-3-8-16-23)24-17-9-4-10-18-24/h2-20,26,28H,21H2,1H3. The third-order valence-electron chi connectivity index (χ3n) is 5.42. The van der Waals surface area contributed by atoms with Gasteiger partial charge in [-0.05, 0) is 18.2 Å². The molecule has 3 nitrogen and oxygen atoms in total. The topological polar surface area (TPSA) is 38.3 Å². The van der Waals surface area contributed by atoms with Crippen molar-refractivity contribution in [3.63, 3.8) is 0 Å². The maximum absolute atomic E-state index is 14.7. The first-order valence-electron chi connectivity index (χ1n) is 10.4. The van der Waals surface area contributed by atoms with Crippen LogP contribution in [0.2, 0.25) is 0 Å². The van der Waals surface area contributed by atoms with Gasteiger partial charge in [0.05, 0.1) is 13.2 Å². The van der Waals surface area contributed by atoms with Crippen molar-refractivity contribution in [2.75, 3.05) is 18.6 Å². The first-order chi connectivity index (χ1) is 15.2. The highest BCUT2D eigenvalue weighted by atomic mass is 31.2. The van der Waals surface area contributed by atoms with Crippen LogP contribution in [0.4, 0.5) is 5.69 Å². The Morgan fingerprint density at radius 2 is 1.19 bits per heavy atom. The Morgan fingerprint density at radius 3 is 1.74 bits per heavy atom. The molecule has 0 fully saturated rings. The molecule has 4 heteroatoms. The summed E-state index contributed by atoms with van der Waals surface area (Å²) in [5, 5.41) is 5.33. The van der Waals surface area contributed by atoms with E-state index < -0.39 is 7.14 Å². The van der Waals surface area contributed by atoms with Gasteiger partial charge in [-0.2, -0.15) is 0 Å². The number of anilines is 1. The number of para-hydroxylation sites is 2. The number of benzene rings is 4. The number of rotatable bonds is 8. The van der Waals surface area contributed by atoms with Crippen LogP contribution in [0.5, 0.6) is 5.75 Å². The van der Waals surface area contributed by atoms with Crippen molar-refractivity contribution in [1.29, 1.82) is 0 Å². The third kappa shape index (κ3) is 4.73. The second-order valence-corrected chi connectivity index (χ2v) is 10.3. The van der Waals surface area contributed by atoms with Crippen LogP contribution in [0, 0.1) is 0 Å². The molecule has 0 aromatic heterocycles. The third-order valence-corrected chi connectivity index (χ3v) is 8.56. The van der Waals surface area contributed by atoms with E-state index in [9.17, 15) is 4.57 Å². The van der Waals surface area contributed by atoms with E-state index in [1.165, 1.54) is 0 Å². The molecule has 0 aliphatic heterocycles. The fourth-order valence-corrected chi connectivity index (χ4v) is 6.70. The Bertz CT molecular complexity index is 1100. The summed E-state index contributed by atoms with van der Waals surface area (Å²) in [4.78, 5) is 0. The summed E-state index contributed by atoms with van der Waals surface area (Å²) in [7, 11) is -1.26. The van der Waals surface area contributed by atoms with E-state index in [4.69, 9.17) is 4.74 Å². The Hall–Kier alpha value is -3.29. The lowest BCUT2D eigenvalue weighted by molar-refractivity contribution is 0.408. The van der Waals surface area contributed by atoms with Gasteiger partial charge < -0.3 is 14.6 Å². The van der Waals surface area contributed by atoms with Gasteiger partial charge in [0.1, 0.15) is 12.9 Å². The van der Waals surface area contributed by atoms with Gasteiger partial charge in [-0.1, -0.05) is 97.1 Å². The van der Waals surface area contributed by atoms with E-state index >= 15 is 0 Å². The van der Waals surface area contributed by atoms with E-state index in [0.29, 0.717) is 6.16 Å². The van der Waals surface area contributed by atoms with Crippen LogP contribution in [-0.2, 0) is 4.57 Å². The van der Waals surface area contributed by atoms with E-state index in [1.807, 2.05) is 115 Å². The van der Waals surface area contributed by atoms with Gasteiger partial charge in [0, 0.05) is 28.0 Å². The average Bonchev–Trinajstić information content (AvgIpc) is 2.85. The summed E-state index contributed by atoms with van der Waals surface area (Å²) in [6.45, 7) is 0. The summed E-state index contributed by atoms with van der Waals surface area (Å²) in [6, 6.07) is 37.4. The van der Waals surface area contributed by atoms with Crippen molar-refractivity contribution >= 4 is 23.4 Å². The number of methoxy groups -OCH3 is 1. The van der Waals surface area contributed by atoms with E-state index in [-0.39, 0.29) is 6.04 Å². The fraction of sp³-hybridized carbons (Fsp3) is 0.111. The molecule has 156 valence electrons. The maximum Gasteiger partial charge on any atom is 0.145 e. The highest BCUT2D eigenvalue weighted by Gasteiger charge is 2.32. The SMILES string of the molecule is COc1ccccc1C(CP(=O)(c1ccccc1)c1ccccc1)Nc1ccccc1. The number of hydrogen-bond donors (Lipinski definition) is 1. The van der Waals surface area contributed by atoms with E-state index in [2.05, 4.69) is 5.32 Å². The minimum atomic E-state index is -2.93. The molecule has 0 heterocycles. The van der Waals surface area contributed by atoms with Crippen LogP contribution in [0.1, 0.15) is 11.6 Å². The van der Waals surface area contributed by atoms with Gasteiger partial charge in [-0.25, -0.2) is 0 Å². The summed E-state index contributed by atoms with van der Waals surface area (Å²) in [6.07, 6.45) is 0.427. The molecule has 0 spiro atoms. The largest absolute Gasteiger partial charge is 0.496 e. The van der Waals surface area contributed by atoms with Crippen molar-refractivity contribution in [1.82, 2.24) is 0 Å². The van der Waals surface area contributed by atoms with Crippen LogP contribution < -0.4 is 20.7 Å². The smallest absolute Gasteiger partial charge is 0.145 e. The molecule has 0 saturated carbocycles. The lowest BCUT2D eigenvalue weighted by atomic mass is 10.1. The van der Waals surface area contributed by atoms with Crippen molar-refractivity contribution < 1.29 is 9.30 Å². The minimum Gasteiger partial charge on any atom is -0.496 e. The molecule has 0 amide bonds. The molecule has 4 rings (SSSR count).